The number of nitrogens with one attached hydrogen (secondary N) is 1. The number of carbonyl (C=O) groups is 1. The summed E-state index contributed by atoms with van der Waals surface area (Å²) in [5.74, 6) is 3.09. The molecule has 4 bridgehead atoms. The van der Waals surface area contributed by atoms with E-state index in [1.165, 1.54) is 19.3 Å². The van der Waals surface area contributed by atoms with Crippen LogP contribution in [-0.4, -0.2) is 10.9 Å². The smallest absolute Gasteiger partial charge is 0.231 e. The maximum Gasteiger partial charge on any atom is 0.231 e. The predicted octanol–water partition coefficient (Wildman–Crippen LogP) is 3.89. The van der Waals surface area contributed by atoms with Gasteiger partial charge in [0.05, 0.1) is 5.41 Å². The third-order valence-corrected chi connectivity index (χ3v) is 5.72. The molecule has 4 saturated carbocycles. The zero-order valence-electron chi connectivity index (χ0n) is 11.4. The summed E-state index contributed by atoms with van der Waals surface area (Å²) in [7, 11) is 0. The van der Waals surface area contributed by atoms with Crippen molar-refractivity contribution in [1.82, 2.24) is 4.98 Å². The summed E-state index contributed by atoms with van der Waals surface area (Å²) in [5.41, 5.74) is -0.126. The molecule has 4 heteroatoms. The summed E-state index contributed by atoms with van der Waals surface area (Å²) in [6, 6.07) is 3.45. The van der Waals surface area contributed by atoms with Gasteiger partial charge in [0.1, 0.15) is 5.82 Å². The molecule has 20 heavy (non-hydrogen) atoms. The van der Waals surface area contributed by atoms with Crippen LogP contribution in [0.25, 0.3) is 0 Å². The van der Waals surface area contributed by atoms with Crippen LogP contribution in [0, 0.1) is 23.2 Å². The molecule has 5 rings (SSSR count). The lowest BCUT2D eigenvalue weighted by Gasteiger charge is -2.55. The monoisotopic (exact) mass is 290 g/mol. The van der Waals surface area contributed by atoms with E-state index in [0.717, 1.165) is 37.0 Å². The number of carbonyl (C=O) groups excluding carboxylic acids is 1. The fourth-order valence-electron chi connectivity index (χ4n) is 5.11. The third kappa shape index (κ3) is 2.03. The molecule has 0 radical (unpaired) electrons. The van der Waals surface area contributed by atoms with Crippen molar-refractivity contribution in [2.45, 2.75) is 38.5 Å². The zero-order chi connectivity index (χ0) is 13.7. The highest BCUT2D eigenvalue weighted by Gasteiger charge is 2.54. The number of hydrogen-bond acceptors (Lipinski definition) is 2. The van der Waals surface area contributed by atoms with Crippen LogP contribution in [-0.2, 0) is 4.79 Å². The van der Waals surface area contributed by atoms with E-state index in [1.54, 1.807) is 18.3 Å². The average Bonchev–Trinajstić information content (AvgIpc) is 2.37. The number of halogens is 1. The second kappa shape index (κ2) is 4.45. The van der Waals surface area contributed by atoms with E-state index in [-0.39, 0.29) is 11.3 Å². The first kappa shape index (κ1) is 12.6. The number of rotatable bonds is 2. The van der Waals surface area contributed by atoms with Crippen molar-refractivity contribution in [2.75, 3.05) is 5.32 Å². The minimum atomic E-state index is -0.126. The van der Waals surface area contributed by atoms with Gasteiger partial charge in [-0.1, -0.05) is 11.6 Å². The fourth-order valence-corrected chi connectivity index (χ4v) is 5.27. The standard InChI is InChI=1S/C16H19ClN2O/c17-13-1-2-18-14(6-13)19-15(20)16-7-10-3-11(8-16)5-12(4-10)9-16/h1-2,6,10-12H,3-5,7-9H2,(H,18,19,20). The molecule has 4 aliphatic carbocycles. The summed E-state index contributed by atoms with van der Waals surface area (Å²) >= 11 is 5.96. The molecule has 1 heterocycles. The molecule has 3 nitrogen and oxygen atoms in total. The first-order valence-electron chi connectivity index (χ1n) is 7.56. The van der Waals surface area contributed by atoms with Gasteiger partial charge in [-0.05, 0) is 68.4 Å². The highest BCUT2D eigenvalue weighted by molar-refractivity contribution is 6.30. The molecule has 4 aliphatic rings. The van der Waals surface area contributed by atoms with Gasteiger partial charge in [-0.2, -0.15) is 0 Å². The lowest BCUT2D eigenvalue weighted by atomic mass is 9.49. The second-order valence-electron chi connectivity index (χ2n) is 7.01. The summed E-state index contributed by atoms with van der Waals surface area (Å²) in [6.07, 6.45) is 8.91. The molecule has 1 amide bonds. The van der Waals surface area contributed by atoms with Gasteiger partial charge in [0.15, 0.2) is 0 Å². The van der Waals surface area contributed by atoms with Crippen molar-refractivity contribution in [3.63, 3.8) is 0 Å². The van der Waals surface area contributed by atoms with Crippen molar-refractivity contribution < 1.29 is 4.79 Å². The fraction of sp³-hybridized carbons (Fsp3) is 0.625. The first-order chi connectivity index (χ1) is 9.63. The van der Waals surface area contributed by atoms with Crippen LogP contribution in [0.2, 0.25) is 5.02 Å². The minimum absolute atomic E-state index is 0.126. The van der Waals surface area contributed by atoms with Crippen LogP contribution in [0.15, 0.2) is 18.3 Å². The number of nitrogens with zero attached hydrogens (tertiary/aromatic N) is 1. The molecular formula is C16H19ClN2O. The number of amides is 1. The Morgan fingerprint density at radius 2 is 1.80 bits per heavy atom. The molecule has 0 aromatic carbocycles. The summed E-state index contributed by atoms with van der Waals surface area (Å²) in [6.45, 7) is 0. The number of aromatic nitrogens is 1. The Bertz CT molecular complexity index is 522. The molecule has 0 saturated heterocycles. The van der Waals surface area contributed by atoms with E-state index < -0.39 is 0 Å². The Kier molecular flexibility index (Phi) is 2.81. The summed E-state index contributed by atoms with van der Waals surface area (Å²) in [5, 5.41) is 3.62. The topological polar surface area (TPSA) is 42.0 Å². The van der Waals surface area contributed by atoms with Gasteiger partial charge >= 0.3 is 0 Å². The maximum absolute atomic E-state index is 12.8. The molecule has 1 N–H and O–H groups in total. The Balaban J connectivity index is 1.56. The van der Waals surface area contributed by atoms with Gasteiger partial charge in [0.25, 0.3) is 0 Å². The molecule has 0 unspecified atom stereocenters. The van der Waals surface area contributed by atoms with Crippen LogP contribution in [0.1, 0.15) is 38.5 Å². The molecule has 0 aliphatic heterocycles. The summed E-state index contributed by atoms with van der Waals surface area (Å²) in [4.78, 5) is 17.0. The van der Waals surface area contributed by atoms with E-state index in [2.05, 4.69) is 10.3 Å². The van der Waals surface area contributed by atoms with E-state index in [9.17, 15) is 4.79 Å². The highest BCUT2D eigenvalue weighted by atomic mass is 35.5. The van der Waals surface area contributed by atoms with Crippen molar-refractivity contribution in [3.8, 4) is 0 Å². The first-order valence-corrected chi connectivity index (χ1v) is 7.94. The SMILES string of the molecule is O=C(Nc1cc(Cl)ccn1)C12CC3CC(CC(C3)C1)C2. The van der Waals surface area contributed by atoms with Crippen molar-refractivity contribution in [1.29, 1.82) is 0 Å². The maximum atomic E-state index is 12.8. The predicted molar refractivity (Wildman–Crippen MR) is 78.5 cm³/mol. The largest absolute Gasteiger partial charge is 0.310 e. The normalized spacial score (nSPS) is 38.0. The lowest BCUT2D eigenvalue weighted by molar-refractivity contribution is -0.140. The van der Waals surface area contributed by atoms with Gasteiger partial charge < -0.3 is 5.32 Å². The van der Waals surface area contributed by atoms with Crippen LogP contribution >= 0.6 is 11.6 Å². The molecule has 1 aromatic heterocycles. The number of pyridine rings is 1. The van der Waals surface area contributed by atoms with Gasteiger partial charge in [0, 0.05) is 11.2 Å². The minimum Gasteiger partial charge on any atom is -0.310 e. The number of anilines is 1. The highest BCUT2D eigenvalue weighted by Crippen LogP contribution is 2.60. The van der Waals surface area contributed by atoms with Crippen LogP contribution in [0.3, 0.4) is 0 Å². The van der Waals surface area contributed by atoms with Gasteiger partial charge in [-0.25, -0.2) is 4.98 Å². The Hall–Kier alpha value is -1.09. The Labute approximate surface area is 124 Å². The van der Waals surface area contributed by atoms with Crippen molar-refractivity contribution in [2.24, 2.45) is 23.2 Å². The third-order valence-electron chi connectivity index (χ3n) is 5.48. The molecule has 0 spiro atoms. The Morgan fingerprint density at radius 3 is 2.35 bits per heavy atom. The quantitative estimate of drug-likeness (QED) is 0.898. The molecule has 106 valence electrons. The molecule has 1 aromatic rings. The molecule has 4 fully saturated rings. The van der Waals surface area contributed by atoms with Crippen LogP contribution in [0.4, 0.5) is 5.82 Å². The molecular weight excluding hydrogens is 272 g/mol. The van der Waals surface area contributed by atoms with Crippen molar-refractivity contribution >= 4 is 23.3 Å². The van der Waals surface area contributed by atoms with Crippen molar-refractivity contribution in [3.05, 3.63) is 23.4 Å². The zero-order valence-corrected chi connectivity index (χ0v) is 12.2. The Morgan fingerprint density at radius 1 is 1.20 bits per heavy atom. The van der Waals surface area contributed by atoms with E-state index in [0.29, 0.717) is 10.8 Å². The summed E-state index contributed by atoms with van der Waals surface area (Å²) < 4.78 is 0. The number of hydrogen-bond donors (Lipinski definition) is 1. The van der Waals surface area contributed by atoms with Gasteiger partial charge in [-0.3, -0.25) is 4.79 Å². The molecule has 0 atom stereocenters. The van der Waals surface area contributed by atoms with E-state index >= 15 is 0 Å². The van der Waals surface area contributed by atoms with Gasteiger partial charge in [0.2, 0.25) is 5.91 Å². The lowest BCUT2D eigenvalue weighted by Crippen LogP contribution is -2.51. The average molecular weight is 291 g/mol. The van der Waals surface area contributed by atoms with E-state index in [1.807, 2.05) is 0 Å². The second-order valence-corrected chi connectivity index (χ2v) is 7.45. The van der Waals surface area contributed by atoms with Crippen LogP contribution in [0.5, 0.6) is 0 Å². The van der Waals surface area contributed by atoms with Gasteiger partial charge in [-0.15, -0.1) is 0 Å². The van der Waals surface area contributed by atoms with Crippen LogP contribution < -0.4 is 5.32 Å². The van der Waals surface area contributed by atoms with E-state index in [4.69, 9.17) is 11.6 Å².